The van der Waals surface area contributed by atoms with Gasteiger partial charge in [-0.3, -0.25) is 0 Å². The summed E-state index contributed by atoms with van der Waals surface area (Å²) in [6.45, 7) is 1.20. The molecule has 0 atom stereocenters. The SMILES string of the molecule is COc1ccccc1CN(C)c1cccc(CN)n1. The normalized spacial score (nSPS) is 10.3. The van der Waals surface area contributed by atoms with E-state index in [9.17, 15) is 0 Å². The van der Waals surface area contributed by atoms with Crippen molar-refractivity contribution < 1.29 is 4.74 Å². The largest absolute Gasteiger partial charge is 0.496 e. The number of pyridine rings is 1. The summed E-state index contributed by atoms with van der Waals surface area (Å²) in [5.74, 6) is 1.80. The van der Waals surface area contributed by atoms with Crippen LogP contribution in [0.3, 0.4) is 0 Å². The van der Waals surface area contributed by atoms with Gasteiger partial charge in [0.05, 0.1) is 12.8 Å². The lowest BCUT2D eigenvalue weighted by Crippen LogP contribution is -2.18. The molecule has 0 spiro atoms. The fraction of sp³-hybridized carbons (Fsp3) is 0.267. The number of hydrogen-bond acceptors (Lipinski definition) is 4. The van der Waals surface area contributed by atoms with Crippen LogP contribution in [0.4, 0.5) is 5.82 Å². The van der Waals surface area contributed by atoms with Crippen molar-refractivity contribution in [1.82, 2.24) is 4.98 Å². The Morgan fingerprint density at radius 2 is 1.95 bits per heavy atom. The summed E-state index contributed by atoms with van der Waals surface area (Å²) in [5.41, 5.74) is 7.64. The van der Waals surface area contributed by atoms with E-state index in [-0.39, 0.29) is 0 Å². The molecule has 0 fully saturated rings. The lowest BCUT2D eigenvalue weighted by Gasteiger charge is -2.20. The second-order valence-corrected chi connectivity index (χ2v) is 4.36. The van der Waals surface area contributed by atoms with E-state index in [4.69, 9.17) is 10.5 Å². The number of nitrogens with zero attached hydrogens (tertiary/aromatic N) is 2. The molecular weight excluding hydrogens is 238 g/mol. The van der Waals surface area contributed by atoms with Gasteiger partial charge in [-0.25, -0.2) is 4.98 Å². The van der Waals surface area contributed by atoms with Crippen LogP contribution < -0.4 is 15.4 Å². The van der Waals surface area contributed by atoms with Gasteiger partial charge in [0.15, 0.2) is 0 Å². The first-order valence-corrected chi connectivity index (χ1v) is 6.23. The third kappa shape index (κ3) is 3.23. The Morgan fingerprint density at radius 1 is 1.16 bits per heavy atom. The Bertz CT molecular complexity index is 542. The Balaban J connectivity index is 2.18. The van der Waals surface area contributed by atoms with Gasteiger partial charge >= 0.3 is 0 Å². The van der Waals surface area contributed by atoms with Crippen LogP contribution in [0.2, 0.25) is 0 Å². The Labute approximate surface area is 113 Å². The number of para-hydroxylation sites is 1. The molecule has 0 amide bonds. The molecule has 0 saturated heterocycles. The van der Waals surface area contributed by atoms with Crippen LogP contribution in [-0.2, 0) is 13.1 Å². The van der Waals surface area contributed by atoms with Crippen LogP contribution in [0, 0.1) is 0 Å². The average molecular weight is 257 g/mol. The summed E-state index contributed by atoms with van der Waals surface area (Å²) in [6.07, 6.45) is 0. The molecule has 0 aliphatic heterocycles. The average Bonchev–Trinajstić information content (AvgIpc) is 2.47. The van der Waals surface area contributed by atoms with E-state index in [2.05, 4.69) is 16.0 Å². The minimum absolute atomic E-state index is 0.455. The van der Waals surface area contributed by atoms with Crippen molar-refractivity contribution >= 4 is 5.82 Å². The first-order valence-electron chi connectivity index (χ1n) is 6.23. The van der Waals surface area contributed by atoms with E-state index >= 15 is 0 Å². The second-order valence-electron chi connectivity index (χ2n) is 4.36. The van der Waals surface area contributed by atoms with Crippen LogP contribution in [0.1, 0.15) is 11.3 Å². The van der Waals surface area contributed by atoms with Crippen molar-refractivity contribution in [3.8, 4) is 5.75 Å². The fourth-order valence-electron chi connectivity index (χ4n) is 1.96. The van der Waals surface area contributed by atoms with Crippen LogP contribution in [0.15, 0.2) is 42.5 Å². The van der Waals surface area contributed by atoms with Crippen molar-refractivity contribution in [1.29, 1.82) is 0 Å². The molecule has 4 heteroatoms. The lowest BCUT2D eigenvalue weighted by atomic mass is 10.2. The first kappa shape index (κ1) is 13.4. The number of methoxy groups -OCH3 is 1. The summed E-state index contributed by atoms with van der Waals surface area (Å²) in [6, 6.07) is 13.9. The molecule has 0 unspecified atom stereocenters. The molecule has 0 aliphatic carbocycles. The summed E-state index contributed by atoms with van der Waals surface area (Å²) >= 11 is 0. The number of ether oxygens (including phenoxy) is 1. The monoisotopic (exact) mass is 257 g/mol. The van der Waals surface area contributed by atoms with E-state index in [1.807, 2.05) is 43.4 Å². The molecule has 1 aromatic carbocycles. The molecule has 2 N–H and O–H groups in total. The molecule has 2 aromatic rings. The number of hydrogen-bond donors (Lipinski definition) is 1. The number of anilines is 1. The van der Waals surface area contributed by atoms with E-state index in [1.165, 1.54) is 0 Å². The molecule has 19 heavy (non-hydrogen) atoms. The van der Waals surface area contributed by atoms with Gasteiger partial charge in [-0.05, 0) is 18.2 Å². The van der Waals surface area contributed by atoms with Crippen molar-refractivity contribution in [2.75, 3.05) is 19.1 Å². The highest BCUT2D eigenvalue weighted by Crippen LogP contribution is 2.21. The van der Waals surface area contributed by atoms with Gasteiger partial charge in [-0.2, -0.15) is 0 Å². The Hall–Kier alpha value is -2.07. The van der Waals surface area contributed by atoms with Gasteiger partial charge in [-0.1, -0.05) is 24.3 Å². The van der Waals surface area contributed by atoms with Gasteiger partial charge in [0.25, 0.3) is 0 Å². The molecule has 0 radical (unpaired) electrons. The van der Waals surface area contributed by atoms with Crippen molar-refractivity contribution in [3.63, 3.8) is 0 Å². The molecule has 0 saturated carbocycles. The Morgan fingerprint density at radius 3 is 2.68 bits per heavy atom. The summed E-state index contributed by atoms with van der Waals surface area (Å²) in [7, 11) is 3.70. The van der Waals surface area contributed by atoms with Gasteiger partial charge < -0.3 is 15.4 Å². The van der Waals surface area contributed by atoms with Crippen LogP contribution >= 0.6 is 0 Å². The van der Waals surface area contributed by atoms with Crippen LogP contribution in [0.5, 0.6) is 5.75 Å². The standard InChI is InChI=1S/C15H19N3O/c1-18(15-9-5-7-13(10-16)17-15)11-12-6-3-4-8-14(12)19-2/h3-9H,10-11,16H2,1-2H3. The smallest absolute Gasteiger partial charge is 0.128 e. The van der Waals surface area contributed by atoms with Crippen molar-refractivity contribution in [3.05, 3.63) is 53.7 Å². The summed E-state index contributed by atoms with van der Waals surface area (Å²) in [5, 5.41) is 0. The fourth-order valence-corrected chi connectivity index (χ4v) is 1.96. The highest BCUT2D eigenvalue weighted by Gasteiger charge is 2.07. The Kier molecular flexibility index (Phi) is 4.36. The molecule has 0 aliphatic rings. The third-order valence-electron chi connectivity index (χ3n) is 2.99. The maximum Gasteiger partial charge on any atom is 0.128 e. The van der Waals surface area contributed by atoms with Gasteiger partial charge in [0.1, 0.15) is 11.6 Å². The molecule has 100 valence electrons. The number of aromatic nitrogens is 1. The van der Waals surface area contributed by atoms with E-state index in [0.717, 1.165) is 29.4 Å². The number of benzene rings is 1. The minimum Gasteiger partial charge on any atom is -0.496 e. The lowest BCUT2D eigenvalue weighted by molar-refractivity contribution is 0.409. The predicted octanol–water partition coefficient (Wildman–Crippen LogP) is 2.19. The quantitative estimate of drug-likeness (QED) is 0.892. The molecular formula is C15H19N3O. The molecule has 4 nitrogen and oxygen atoms in total. The maximum atomic E-state index is 5.62. The highest BCUT2D eigenvalue weighted by atomic mass is 16.5. The van der Waals surface area contributed by atoms with Gasteiger partial charge in [0.2, 0.25) is 0 Å². The predicted molar refractivity (Wildman–Crippen MR) is 77.2 cm³/mol. The minimum atomic E-state index is 0.455. The summed E-state index contributed by atoms with van der Waals surface area (Å²) in [4.78, 5) is 6.58. The number of rotatable bonds is 5. The van der Waals surface area contributed by atoms with Crippen molar-refractivity contribution in [2.24, 2.45) is 5.73 Å². The van der Waals surface area contributed by atoms with E-state index in [1.54, 1.807) is 7.11 Å². The maximum absolute atomic E-state index is 5.62. The van der Waals surface area contributed by atoms with Crippen molar-refractivity contribution in [2.45, 2.75) is 13.1 Å². The van der Waals surface area contributed by atoms with Crippen LogP contribution in [-0.4, -0.2) is 19.1 Å². The zero-order chi connectivity index (χ0) is 13.7. The third-order valence-corrected chi connectivity index (χ3v) is 2.99. The molecule has 1 heterocycles. The van der Waals surface area contributed by atoms with E-state index < -0.39 is 0 Å². The topological polar surface area (TPSA) is 51.4 Å². The van der Waals surface area contributed by atoms with E-state index in [0.29, 0.717) is 6.54 Å². The zero-order valence-corrected chi connectivity index (χ0v) is 11.3. The van der Waals surface area contributed by atoms with Gasteiger partial charge in [0, 0.05) is 25.7 Å². The zero-order valence-electron chi connectivity index (χ0n) is 11.3. The van der Waals surface area contributed by atoms with Crippen LogP contribution in [0.25, 0.3) is 0 Å². The highest BCUT2D eigenvalue weighted by molar-refractivity contribution is 5.42. The summed E-state index contributed by atoms with van der Waals surface area (Å²) < 4.78 is 5.36. The first-order chi connectivity index (χ1) is 9.24. The molecule has 2 rings (SSSR count). The second kappa shape index (κ2) is 6.20. The van der Waals surface area contributed by atoms with Gasteiger partial charge in [-0.15, -0.1) is 0 Å². The molecule has 1 aromatic heterocycles. The number of nitrogens with two attached hydrogens (primary N) is 1. The molecule has 0 bridgehead atoms.